The number of amides is 3. The summed E-state index contributed by atoms with van der Waals surface area (Å²) in [4.78, 5) is 57.3. The Morgan fingerprint density at radius 3 is 2.59 bits per heavy atom. The van der Waals surface area contributed by atoms with Gasteiger partial charge in [-0.25, -0.2) is 17.6 Å². The summed E-state index contributed by atoms with van der Waals surface area (Å²) >= 11 is 0. The summed E-state index contributed by atoms with van der Waals surface area (Å²) < 4.78 is 48.6. The van der Waals surface area contributed by atoms with Crippen LogP contribution >= 0.6 is 0 Å². The van der Waals surface area contributed by atoms with E-state index in [0.717, 1.165) is 25.7 Å². The molecule has 3 aliphatic heterocycles. The van der Waals surface area contributed by atoms with Gasteiger partial charge in [0.15, 0.2) is 5.78 Å². The van der Waals surface area contributed by atoms with Crippen molar-refractivity contribution in [2.24, 2.45) is 17.3 Å². The van der Waals surface area contributed by atoms with E-state index >= 15 is 0 Å². The minimum Gasteiger partial charge on any atom is -0.545 e. The summed E-state index contributed by atoms with van der Waals surface area (Å²) in [5, 5.41) is 0. The number of nitrogens with zero attached hydrogens (tertiary/aromatic N) is 3. The molecule has 0 aromatic heterocycles. The smallest absolute Gasteiger partial charge is 0.545 e. The first-order chi connectivity index (χ1) is 21.3. The molecule has 0 spiro atoms. The van der Waals surface area contributed by atoms with Crippen LogP contribution in [0.15, 0.2) is 30.4 Å². The maximum atomic E-state index is 14.3. The zero-order valence-corrected chi connectivity index (χ0v) is 29.7. The fourth-order valence-electron chi connectivity index (χ4n) is 7.00. The van der Waals surface area contributed by atoms with Gasteiger partial charge in [0.25, 0.3) is 0 Å². The maximum absolute atomic E-state index is 14.3. The number of rotatable bonds is 4. The molecule has 10 nitrogen and oxygen atoms in total. The fraction of sp³-hybridized carbons (Fsp3) is 0.636. The minimum absolute atomic E-state index is 0. The van der Waals surface area contributed by atoms with Gasteiger partial charge in [0.1, 0.15) is 21.9 Å². The molecule has 6 rings (SSSR count). The average Bonchev–Trinajstić information content (AvgIpc) is 3.78. The Labute approximate surface area is 292 Å². The predicted octanol–water partition coefficient (Wildman–Crippen LogP) is 2.16. The Balaban J connectivity index is 0.00000417. The van der Waals surface area contributed by atoms with Crippen molar-refractivity contribution in [3.63, 3.8) is 0 Å². The zero-order valence-electron chi connectivity index (χ0n) is 26.9. The van der Waals surface area contributed by atoms with Crippen molar-refractivity contribution in [3.8, 4) is 0 Å². The van der Waals surface area contributed by atoms with Crippen molar-refractivity contribution in [2.45, 2.75) is 108 Å². The quantitative estimate of drug-likeness (QED) is 0.356. The predicted molar refractivity (Wildman–Crippen MR) is 163 cm³/mol. The second-order valence-corrected chi connectivity index (χ2v) is 16.0. The second kappa shape index (κ2) is 13.3. The molecular formula is C33H41FN3NaO7S. The Bertz CT molecular complexity index is 1550. The molecule has 0 bridgehead atoms. The van der Waals surface area contributed by atoms with Crippen LogP contribution in [0, 0.1) is 23.1 Å². The van der Waals surface area contributed by atoms with Crippen LogP contribution in [0.4, 0.5) is 9.18 Å². The molecule has 13 heteroatoms. The minimum atomic E-state index is -4.03. The van der Waals surface area contributed by atoms with Gasteiger partial charge in [-0.2, -0.15) is 0 Å². The van der Waals surface area contributed by atoms with Crippen LogP contribution in [0.2, 0.25) is 0 Å². The average molecular weight is 666 g/mol. The first-order valence-electron chi connectivity index (χ1n) is 16.1. The van der Waals surface area contributed by atoms with Crippen LogP contribution in [-0.4, -0.2) is 65.3 Å². The van der Waals surface area contributed by atoms with Crippen LogP contribution < -0.4 is 29.6 Å². The number of Topliss-reactive ketones (excluding diaryl/α,β-unsaturated/α-hetero) is 1. The van der Waals surface area contributed by atoms with Gasteiger partial charge in [0, 0.05) is 36.3 Å². The molecule has 0 unspecified atom stereocenters. The second-order valence-electron chi connectivity index (χ2n) is 13.9. The summed E-state index contributed by atoms with van der Waals surface area (Å²) in [5.41, 5.74) is -0.123. The van der Waals surface area contributed by atoms with E-state index in [1.807, 2.05) is 19.1 Å². The monoisotopic (exact) mass is 665 g/mol. The van der Waals surface area contributed by atoms with Crippen LogP contribution in [0.3, 0.4) is 0 Å². The molecule has 3 fully saturated rings. The van der Waals surface area contributed by atoms with Crippen molar-refractivity contribution < 1.29 is 66.3 Å². The number of halogens is 1. The van der Waals surface area contributed by atoms with Crippen LogP contribution in [0.5, 0.6) is 0 Å². The maximum Gasteiger partial charge on any atom is 1.00 e. The van der Waals surface area contributed by atoms with Crippen molar-refractivity contribution in [3.05, 3.63) is 52.0 Å². The van der Waals surface area contributed by atoms with E-state index in [0.29, 0.717) is 36.8 Å². The summed E-state index contributed by atoms with van der Waals surface area (Å²) in [7, 11) is -4.03. The molecule has 5 atom stereocenters. The number of benzene rings is 1. The van der Waals surface area contributed by atoms with Crippen molar-refractivity contribution in [1.29, 1.82) is 0 Å². The molecule has 1 aromatic rings. The molecule has 1 aromatic carbocycles. The zero-order chi connectivity index (χ0) is 32.1. The van der Waals surface area contributed by atoms with E-state index in [1.165, 1.54) is 15.9 Å². The van der Waals surface area contributed by atoms with Gasteiger partial charge in [0.05, 0.1) is 29.8 Å². The van der Waals surface area contributed by atoms with Crippen molar-refractivity contribution in [1.82, 2.24) is 9.80 Å². The molecule has 5 aliphatic rings. The van der Waals surface area contributed by atoms with Crippen LogP contribution in [0.25, 0.3) is 4.72 Å². The van der Waals surface area contributed by atoms with Gasteiger partial charge in [-0.05, 0) is 63.0 Å². The number of carbonyl (C=O) groups is 4. The Morgan fingerprint density at radius 2 is 1.87 bits per heavy atom. The summed E-state index contributed by atoms with van der Waals surface area (Å²) in [6.45, 7) is 3.71. The molecule has 0 radical (unpaired) electrons. The first kappa shape index (κ1) is 35.0. The van der Waals surface area contributed by atoms with Gasteiger partial charge in [-0.1, -0.05) is 44.1 Å². The molecule has 0 N–H and O–H groups in total. The van der Waals surface area contributed by atoms with E-state index < -0.39 is 44.3 Å². The van der Waals surface area contributed by atoms with E-state index in [2.05, 4.69) is 4.72 Å². The number of hydrogen-bond donors (Lipinski definition) is 0. The topological polar surface area (TPSA) is 132 Å². The van der Waals surface area contributed by atoms with E-state index in [1.54, 1.807) is 19.1 Å². The molecular weight excluding hydrogens is 624 g/mol. The summed E-state index contributed by atoms with van der Waals surface area (Å²) in [6.07, 6.45) is 7.63. The number of ether oxygens (including phenoxy) is 1. The Morgan fingerprint density at radius 1 is 1.11 bits per heavy atom. The van der Waals surface area contributed by atoms with Crippen LogP contribution in [0.1, 0.15) is 89.2 Å². The van der Waals surface area contributed by atoms with E-state index in [9.17, 15) is 32.0 Å². The Kier molecular flexibility index (Phi) is 10.1. The number of allylic oxidation sites excluding steroid dienone is 2. The first-order valence-corrected chi connectivity index (χ1v) is 17.5. The van der Waals surface area contributed by atoms with Gasteiger partial charge in [-0.3, -0.25) is 14.5 Å². The number of sulfonamides is 1. The SMILES string of the molecule is C[C@H]1CCCCC/C=C\[C@@H]2C[C@@]2(C(=O)[N-]S(=O)(=O)C2(C)CC2)CC(=O)[C@@H]2C[C@@H](OC(=O)N3Cc4cccc(F)c4C3)CN2C1=O.[Na+]. The summed E-state index contributed by atoms with van der Waals surface area (Å²) in [5.74, 6) is -2.43. The van der Waals surface area contributed by atoms with Gasteiger partial charge in [-0.15, -0.1) is 0 Å². The number of ketones is 1. The van der Waals surface area contributed by atoms with E-state index in [-0.39, 0.29) is 91.4 Å². The molecule has 244 valence electrons. The van der Waals surface area contributed by atoms with Gasteiger partial charge in [0.2, 0.25) is 5.91 Å². The Hall–Kier alpha value is -2.28. The summed E-state index contributed by atoms with van der Waals surface area (Å²) in [6, 6.07) is 3.78. The molecule has 2 aliphatic carbocycles. The van der Waals surface area contributed by atoms with Crippen LogP contribution in [-0.2, 0) is 42.2 Å². The van der Waals surface area contributed by atoms with Gasteiger partial charge >= 0.3 is 35.7 Å². The van der Waals surface area contributed by atoms with E-state index in [4.69, 9.17) is 4.74 Å². The third-order valence-corrected chi connectivity index (χ3v) is 12.6. The number of fused-ring (bicyclic) bond motifs is 3. The number of hydrogen-bond acceptors (Lipinski definition) is 7. The largest absolute Gasteiger partial charge is 1.00 e. The fourth-order valence-corrected chi connectivity index (χ4v) is 8.24. The standard InChI is InChI=1S/C33H42FN3O7S.Na/c1-21-9-6-4-3-5-7-11-23-16-33(23,30(40)35-45(42,43)32(2)13-14-32)17-28(38)27-15-24(19-37(27)29(21)39)44-31(41)36-18-22-10-8-12-26(34)25(22)20-36;/h7-8,10-12,21,23-24,27H,3-6,9,13-20H2,1-2H3,(H,35,40);/q;+1/p-1/b11-7-;/t21-,23+,24+,27-,33+;/m0./s1. The number of carbonyl (C=O) groups excluding carboxylic acids is 4. The molecule has 3 heterocycles. The molecule has 1 saturated heterocycles. The molecule has 2 saturated carbocycles. The molecule has 3 amide bonds. The molecule has 46 heavy (non-hydrogen) atoms. The van der Waals surface area contributed by atoms with Gasteiger partial charge < -0.3 is 19.2 Å². The normalized spacial score (nSPS) is 31.3. The van der Waals surface area contributed by atoms with Crippen molar-refractivity contribution >= 4 is 33.7 Å². The third kappa shape index (κ3) is 6.82. The third-order valence-electron chi connectivity index (χ3n) is 10.5. The van der Waals surface area contributed by atoms with Crippen molar-refractivity contribution in [2.75, 3.05) is 6.54 Å².